The first-order valence-electron chi connectivity index (χ1n) is 5.39. The first-order chi connectivity index (χ1) is 6.62. The van der Waals surface area contributed by atoms with E-state index in [1.807, 2.05) is 0 Å². The molecule has 2 rings (SSSR count). The van der Waals surface area contributed by atoms with E-state index in [1.165, 1.54) is 0 Å². The Morgan fingerprint density at radius 2 is 1.86 bits per heavy atom. The van der Waals surface area contributed by atoms with Crippen LogP contribution in [-0.2, 0) is 4.74 Å². The summed E-state index contributed by atoms with van der Waals surface area (Å²) in [5, 5.41) is 0. The highest BCUT2D eigenvalue weighted by Crippen LogP contribution is 2.34. The number of rotatable bonds is 0. The molecule has 2 heterocycles. The third-order valence-electron chi connectivity index (χ3n) is 3.52. The van der Waals surface area contributed by atoms with E-state index in [9.17, 15) is 0 Å². The zero-order valence-corrected chi connectivity index (χ0v) is 9.25. The Kier molecular flexibility index (Phi) is 2.54. The van der Waals surface area contributed by atoms with E-state index >= 15 is 0 Å². The van der Waals surface area contributed by atoms with Gasteiger partial charge in [0.15, 0.2) is 5.72 Å². The molecule has 14 heavy (non-hydrogen) atoms. The number of ether oxygens (including phenoxy) is 1. The Morgan fingerprint density at radius 3 is 2.50 bits per heavy atom. The van der Waals surface area contributed by atoms with Gasteiger partial charge in [0.2, 0.25) is 0 Å². The van der Waals surface area contributed by atoms with Gasteiger partial charge in [0, 0.05) is 38.9 Å². The predicted octanol–water partition coefficient (Wildman–Crippen LogP) is 1.27. The minimum absolute atomic E-state index is 0.0398. The Bertz CT molecular complexity index is 231. The summed E-state index contributed by atoms with van der Waals surface area (Å²) in [4.78, 5) is 4.72. The lowest BCUT2D eigenvalue weighted by atomic mass is 9.97. The van der Waals surface area contributed by atoms with E-state index in [2.05, 4.69) is 30.5 Å². The molecule has 0 unspecified atom stereocenters. The van der Waals surface area contributed by atoms with Gasteiger partial charge >= 0.3 is 0 Å². The van der Waals surface area contributed by atoms with Gasteiger partial charge in [0.1, 0.15) is 0 Å². The normalized spacial score (nSPS) is 29.1. The van der Waals surface area contributed by atoms with Crippen molar-refractivity contribution in [3.8, 4) is 0 Å². The predicted molar refractivity (Wildman–Crippen MR) is 56.9 cm³/mol. The molecule has 0 N–H and O–H groups in total. The number of likely N-dealkylation sites (tertiary alicyclic amines) is 1. The van der Waals surface area contributed by atoms with Crippen molar-refractivity contribution in [1.29, 1.82) is 0 Å². The van der Waals surface area contributed by atoms with Gasteiger partial charge in [-0.05, 0) is 14.1 Å². The second kappa shape index (κ2) is 3.55. The van der Waals surface area contributed by atoms with E-state index in [0.29, 0.717) is 0 Å². The zero-order chi connectivity index (χ0) is 10.2. The Morgan fingerprint density at radius 1 is 1.21 bits per heavy atom. The molecule has 3 nitrogen and oxygen atoms in total. The molecular formula is C11H20N2O. The van der Waals surface area contributed by atoms with Gasteiger partial charge in [-0.25, -0.2) is 0 Å². The van der Waals surface area contributed by atoms with Crippen LogP contribution in [0.4, 0.5) is 0 Å². The lowest BCUT2D eigenvalue weighted by Crippen LogP contribution is -2.57. The van der Waals surface area contributed by atoms with Gasteiger partial charge in [-0.3, -0.25) is 4.90 Å². The molecule has 2 aliphatic rings. The van der Waals surface area contributed by atoms with Crippen LogP contribution in [0.5, 0.6) is 0 Å². The number of nitrogens with zero attached hydrogens (tertiary/aromatic N) is 2. The second-order valence-electron chi connectivity index (χ2n) is 4.56. The fourth-order valence-electron chi connectivity index (χ4n) is 2.35. The summed E-state index contributed by atoms with van der Waals surface area (Å²) in [6.07, 6.45) is 3.17. The number of piperidine rings is 1. The van der Waals surface area contributed by atoms with Crippen molar-refractivity contribution in [3.05, 3.63) is 12.3 Å². The molecule has 2 saturated heterocycles. The summed E-state index contributed by atoms with van der Waals surface area (Å²) in [6.45, 7) is 7.29. The fraction of sp³-hybridized carbons (Fsp3) is 0.818. The highest BCUT2D eigenvalue weighted by molar-refractivity contribution is 4.98. The highest BCUT2D eigenvalue weighted by atomic mass is 16.5. The largest absolute Gasteiger partial charge is 0.477 e. The number of hydrogen-bond donors (Lipinski definition) is 0. The van der Waals surface area contributed by atoms with E-state index in [0.717, 1.165) is 44.7 Å². The van der Waals surface area contributed by atoms with Crippen LogP contribution in [0.2, 0.25) is 0 Å². The summed E-state index contributed by atoms with van der Waals surface area (Å²) in [5.41, 5.74) is -0.0398. The van der Waals surface area contributed by atoms with Crippen LogP contribution >= 0.6 is 0 Å². The molecule has 0 bridgehead atoms. The van der Waals surface area contributed by atoms with Gasteiger partial charge < -0.3 is 9.64 Å². The van der Waals surface area contributed by atoms with Crippen LogP contribution in [-0.4, -0.2) is 49.3 Å². The second-order valence-corrected chi connectivity index (χ2v) is 4.56. The minimum Gasteiger partial charge on any atom is -0.477 e. The maximum absolute atomic E-state index is 5.98. The minimum atomic E-state index is -0.0398. The molecule has 0 aliphatic carbocycles. The van der Waals surface area contributed by atoms with Crippen LogP contribution in [0.25, 0.3) is 0 Å². The molecule has 3 heteroatoms. The van der Waals surface area contributed by atoms with Gasteiger partial charge in [-0.15, -0.1) is 0 Å². The molecule has 1 spiro atoms. The molecule has 80 valence electrons. The van der Waals surface area contributed by atoms with Crippen molar-refractivity contribution < 1.29 is 4.74 Å². The lowest BCUT2D eigenvalue weighted by molar-refractivity contribution is -0.168. The molecule has 0 aromatic heterocycles. The van der Waals surface area contributed by atoms with Gasteiger partial charge in [-0.2, -0.15) is 0 Å². The van der Waals surface area contributed by atoms with Crippen molar-refractivity contribution >= 4 is 0 Å². The highest BCUT2D eigenvalue weighted by Gasteiger charge is 2.41. The Hall–Kier alpha value is -0.540. The lowest BCUT2D eigenvalue weighted by Gasteiger charge is -2.49. The molecule has 0 amide bonds. The molecule has 0 radical (unpaired) electrons. The zero-order valence-electron chi connectivity index (χ0n) is 9.25. The SMILES string of the molecule is C=C1CCN(C)C2(CCN(C)CC2)O1. The molecule has 0 aromatic rings. The average molecular weight is 196 g/mol. The van der Waals surface area contributed by atoms with E-state index in [4.69, 9.17) is 4.74 Å². The average Bonchev–Trinajstić information content (AvgIpc) is 2.17. The van der Waals surface area contributed by atoms with Crippen LogP contribution in [0.15, 0.2) is 12.3 Å². The molecule has 0 aromatic carbocycles. The molecule has 2 aliphatic heterocycles. The third-order valence-corrected chi connectivity index (χ3v) is 3.52. The van der Waals surface area contributed by atoms with Crippen molar-refractivity contribution in [2.45, 2.75) is 25.0 Å². The quantitative estimate of drug-likeness (QED) is 0.580. The summed E-state index contributed by atoms with van der Waals surface area (Å²) >= 11 is 0. The Labute approximate surface area is 86.3 Å². The van der Waals surface area contributed by atoms with Gasteiger partial charge in [-0.1, -0.05) is 6.58 Å². The first kappa shape index (κ1) is 9.99. The van der Waals surface area contributed by atoms with Crippen LogP contribution in [0.3, 0.4) is 0 Å². The van der Waals surface area contributed by atoms with Gasteiger partial charge in [0.25, 0.3) is 0 Å². The van der Waals surface area contributed by atoms with Crippen molar-refractivity contribution in [2.75, 3.05) is 33.7 Å². The summed E-state index contributed by atoms with van der Waals surface area (Å²) in [5.74, 6) is 0.965. The molecular weight excluding hydrogens is 176 g/mol. The van der Waals surface area contributed by atoms with Crippen LogP contribution in [0.1, 0.15) is 19.3 Å². The Balaban J connectivity index is 2.08. The monoisotopic (exact) mass is 196 g/mol. The smallest absolute Gasteiger partial charge is 0.165 e. The molecule has 0 saturated carbocycles. The standard InChI is InChI=1S/C11H20N2O/c1-10-4-7-13(3)11(14-10)5-8-12(2)9-6-11/h1,4-9H2,2-3H3. The maximum Gasteiger partial charge on any atom is 0.165 e. The van der Waals surface area contributed by atoms with Crippen molar-refractivity contribution in [3.63, 3.8) is 0 Å². The van der Waals surface area contributed by atoms with Crippen molar-refractivity contribution in [2.24, 2.45) is 0 Å². The summed E-state index contributed by atoms with van der Waals surface area (Å²) < 4.78 is 5.98. The topological polar surface area (TPSA) is 15.7 Å². The third kappa shape index (κ3) is 1.66. The fourth-order valence-corrected chi connectivity index (χ4v) is 2.35. The molecule has 0 atom stereocenters. The van der Waals surface area contributed by atoms with Crippen LogP contribution < -0.4 is 0 Å². The van der Waals surface area contributed by atoms with E-state index < -0.39 is 0 Å². The van der Waals surface area contributed by atoms with E-state index in [-0.39, 0.29) is 5.72 Å². The van der Waals surface area contributed by atoms with Crippen molar-refractivity contribution in [1.82, 2.24) is 9.80 Å². The first-order valence-corrected chi connectivity index (χ1v) is 5.39. The van der Waals surface area contributed by atoms with Gasteiger partial charge in [0.05, 0.1) is 5.76 Å². The molecule has 2 fully saturated rings. The summed E-state index contributed by atoms with van der Waals surface area (Å²) in [7, 11) is 4.34. The maximum atomic E-state index is 5.98. The summed E-state index contributed by atoms with van der Waals surface area (Å²) in [6, 6.07) is 0. The van der Waals surface area contributed by atoms with E-state index in [1.54, 1.807) is 0 Å². The number of hydrogen-bond acceptors (Lipinski definition) is 3. The van der Waals surface area contributed by atoms with Crippen LogP contribution in [0, 0.1) is 0 Å².